The van der Waals surface area contributed by atoms with Crippen molar-refractivity contribution < 1.29 is 4.39 Å². The van der Waals surface area contributed by atoms with Crippen molar-refractivity contribution >= 4 is 17.5 Å². The molecule has 5 rings (SSSR count). The molecule has 2 aliphatic rings. The minimum absolute atomic E-state index is 0.281. The first-order valence-electron chi connectivity index (χ1n) is 9.61. The molecule has 1 saturated heterocycles. The van der Waals surface area contributed by atoms with Crippen LogP contribution >= 0.6 is 0 Å². The molecule has 0 amide bonds. The van der Waals surface area contributed by atoms with Crippen LogP contribution in [0.5, 0.6) is 0 Å². The van der Waals surface area contributed by atoms with Gasteiger partial charge >= 0.3 is 0 Å². The highest BCUT2D eigenvalue weighted by Gasteiger charge is 2.47. The molecule has 2 aromatic heterocycles. The van der Waals surface area contributed by atoms with Gasteiger partial charge in [-0.25, -0.2) is 9.37 Å². The van der Waals surface area contributed by atoms with Gasteiger partial charge in [-0.15, -0.1) is 0 Å². The maximum atomic E-state index is 13.5. The van der Waals surface area contributed by atoms with E-state index in [4.69, 9.17) is 10.4 Å². The molecule has 3 N–H and O–H groups in total. The summed E-state index contributed by atoms with van der Waals surface area (Å²) >= 11 is 0. The van der Waals surface area contributed by atoms with Crippen molar-refractivity contribution in [3.05, 3.63) is 47.7 Å². The third kappa shape index (κ3) is 2.65. The molecule has 0 aliphatic carbocycles. The van der Waals surface area contributed by atoms with Crippen molar-refractivity contribution in [2.24, 2.45) is 7.05 Å². The van der Waals surface area contributed by atoms with Gasteiger partial charge in [0, 0.05) is 37.5 Å². The van der Waals surface area contributed by atoms with Gasteiger partial charge in [-0.2, -0.15) is 5.10 Å². The molecule has 9 heteroatoms. The Morgan fingerprint density at radius 1 is 1.24 bits per heavy atom. The fourth-order valence-corrected chi connectivity index (χ4v) is 4.20. The predicted molar refractivity (Wildman–Crippen MR) is 109 cm³/mol. The normalized spacial score (nSPS) is 20.7. The number of hydrogen-bond donors (Lipinski definition) is 3. The maximum absolute atomic E-state index is 13.5. The first kappa shape index (κ1) is 17.9. The van der Waals surface area contributed by atoms with E-state index in [0.29, 0.717) is 25.5 Å². The number of anilines is 2. The quantitative estimate of drug-likeness (QED) is 0.636. The van der Waals surface area contributed by atoms with Gasteiger partial charge < -0.3 is 14.8 Å². The molecule has 0 saturated carbocycles. The zero-order valence-corrected chi connectivity index (χ0v) is 16.6. The lowest BCUT2D eigenvalue weighted by atomic mass is 10.1. The molecule has 0 radical (unpaired) electrons. The summed E-state index contributed by atoms with van der Waals surface area (Å²) in [4.78, 5) is 7.02. The maximum Gasteiger partial charge on any atom is 0.153 e. The zero-order valence-electron chi connectivity index (χ0n) is 16.6. The molecule has 8 nitrogen and oxygen atoms in total. The van der Waals surface area contributed by atoms with Gasteiger partial charge in [0.1, 0.15) is 28.8 Å². The molecule has 29 heavy (non-hydrogen) atoms. The fraction of sp³-hybridized carbons (Fsp3) is 0.350. The van der Waals surface area contributed by atoms with E-state index >= 15 is 0 Å². The highest BCUT2D eigenvalue weighted by Crippen LogP contribution is 2.39. The topological polar surface area (TPSA) is 86.8 Å². The number of nitrogens with one attached hydrogen (secondary N) is 3. The van der Waals surface area contributed by atoms with E-state index in [-0.39, 0.29) is 5.82 Å². The van der Waals surface area contributed by atoms with Gasteiger partial charge in [-0.3, -0.25) is 15.4 Å². The molecule has 3 aromatic rings. The molecule has 1 unspecified atom stereocenters. The standard InChI is InChI=1S/C20H23FN8/c1-12-10-16(26-27(12)3)24-18-17(13-4-6-14(21)7-5-13)25-19-20(2)23-11-15(22)29(20)9-8-28(18)19/h4-7,10,22-23H,8-9,11H2,1-3H3,(H,24,26). The van der Waals surface area contributed by atoms with Gasteiger partial charge in [0.15, 0.2) is 11.6 Å². The number of amidine groups is 1. The summed E-state index contributed by atoms with van der Waals surface area (Å²) in [6.07, 6.45) is 0. The zero-order chi connectivity index (χ0) is 20.3. The molecule has 1 aromatic carbocycles. The van der Waals surface area contributed by atoms with Crippen molar-refractivity contribution in [2.45, 2.75) is 26.1 Å². The highest BCUT2D eigenvalue weighted by molar-refractivity contribution is 5.85. The Labute approximate surface area is 167 Å². The largest absolute Gasteiger partial charge is 0.333 e. The number of imidazole rings is 1. The Morgan fingerprint density at radius 3 is 2.69 bits per heavy atom. The summed E-state index contributed by atoms with van der Waals surface area (Å²) in [5.41, 5.74) is 2.06. The van der Waals surface area contributed by atoms with Crippen LogP contribution in [0.2, 0.25) is 0 Å². The van der Waals surface area contributed by atoms with Crippen molar-refractivity contribution in [2.75, 3.05) is 18.4 Å². The van der Waals surface area contributed by atoms with Crippen LogP contribution in [0.4, 0.5) is 16.0 Å². The second-order valence-corrected chi connectivity index (χ2v) is 7.73. The average Bonchev–Trinajstić information content (AvgIpc) is 3.31. The SMILES string of the molecule is Cc1cc(Nc2c(-c3ccc(F)cc3)nc3n2CCN2C(=N)CNC32C)nn1C. The van der Waals surface area contributed by atoms with Crippen molar-refractivity contribution in [3.63, 3.8) is 0 Å². The van der Waals surface area contributed by atoms with Gasteiger partial charge in [0.05, 0.1) is 6.54 Å². The Hall–Kier alpha value is -3.20. The monoisotopic (exact) mass is 394 g/mol. The minimum atomic E-state index is -0.552. The first-order valence-corrected chi connectivity index (χ1v) is 9.61. The van der Waals surface area contributed by atoms with Crippen LogP contribution in [0.1, 0.15) is 18.4 Å². The smallest absolute Gasteiger partial charge is 0.153 e. The lowest BCUT2D eigenvalue weighted by molar-refractivity contribution is 0.138. The number of fused-ring (bicyclic) bond motifs is 3. The van der Waals surface area contributed by atoms with Crippen LogP contribution in [0.25, 0.3) is 11.3 Å². The Bertz CT molecular complexity index is 1090. The molecule has 0 spiro atoms. The molecule has 2 aliphatic heterocycles. The molecule has 0 bridgehead atoms. The van der Waals surface area contributed by atoms with E-state index in [2.05, 4.69) is 32.1 Å². The second-order valence-electron chi connectivity index (χ2n) is 7.73. The van der Waals surface area contributed by atoms with Crippen molar-refractivity contribution in [1.82, 2.24) is 29.5 Å². The summed E-state index contributed by atoms with van der Waals surface area (Å²) < 4.78 is 17.5. The third-order valence-corrected chi connectivity index (χ3v) is 5.89. The van der Waals surface area contributed by atoms with Crippen molar-refractivity contribution in [1.29, 1.82) is 5.41 Å². The lowest BCUT2D eigenvalue weighted by Gasteiger charge is -2.40. The summed E-state index contributed by atoms with van der Waals surface area (Å²) in [5.74, 6) is 2.68. The van der Waals surface area contributed by atoms with E-state index in [0.717, 1.165) is 34.4 Å². The number of nitrogens with zero attached hydrogens (tertiary/aromatic N) is 5. The van der Waals surface area contributed by atoms with Crippen LogP contribution in [0, 0.1) is 18.2 Å². The van der Waals surface area contributed by atoms with Crippen LogP contribution in [0.3, 0.4) is 0 Å². The Kier molecular flexibility index (Phi) is 3.79. The summed E-state index contributed by atoms with van der Waals surface area (Å²) in [7, 11) is 1.90. The van der Waals surface area contributed by atoms with Gasteiger partial charge in [-0.05, 0) is 38.1 Å². The van der Waals surface area contributed by atoms with Crippen LogP contribution in [-0.4, -0.2) is 43.2 Å². The van der Waals surface area contributed by atoms with Crippen LogP contribution in [0.15, 0.2) is 30.3 Å². The number of hydrogen-bond acceptors (Lipinski definition) is 5. The number of aryl methyl sites for hydroxylation is 2. The summed E-state index contributed by atoms with van der Waals surface area (Å²) in [5, 5.41) is 19.6. The first-order chi connectivity index (χ1) is 13.9. The van der Waals surface area contributed by atoms with Crippen molar-refractivity contribution in [3.8, 4) is 11.3 Å². The highest BCUT2D eigenvalue weighted by atomic mass is 19.1. The third-order valence-electron chi connectivity index (χ3n) is 5.89. The fourth-order valence-electron chi connectivity index (χ4n) is 4.20. The van der Waals surface area contributed by atoms with E-state index in [9.17, 15) is 4.39 Å². The van der Waals surface area contributed by atoms with E-state index in [1.807, 2.05) is 24.7 Å². The van der Waals surface area contributed by atoms with Gasteiger partial charge in [-0.1, -0.05) is 0 Å². The minimum Gasteiger partial charge on any atom is -0.333 e. The predicted octanol–water partition coefficient (Wildman–Crippen LogP) is 2.54. The second kappa shape index (κ2) is 6.15. The van der Waals surface area contributed by atoms with Crippen LogP contribution in [-0.2, 0) is 19.3 Å². The molecule has 4 heterocycles. The summed E-state index contributed by atoms with van der Waals surface area (Å²) in [6, 6.07) is 8.35. The van der Waals surface area contributed by atoms with E-state index in [1.165, 1.54) is 12.1 Å². The molecular weight excluding hydrogens is 371 g/mol. The number of rotatable bonds is 3. The lowest BCUT2D eigenvalue weighted by Crippen LogP contribution is -2.53. The van der Waals surface area contributed by atoms with E-state index in [1.54, 1.807) is 12.1 Å². The molecule has 150 valence electrons. The number of benzene rings is 1. The van der Waals surface area contributed by atoms with Gasteiger partial charge in [0.25, 0.3) is 0 Å². The number of aromatic nitrogens is 4. The average molecular weight is 394 g/mol. The Morgan fingerprint density at radius 2 is 2.00 bits per heavy atom. The summed E-state index contributed by atoms with van der Waals surface area (Å²) in [6.45, 7) is 5.97. The molecule has 1 fully saturated rings. The molecular formula is C20H23FN8. The Balaban J connectivity index is 1.67. The van der Waals surface area contributed by atoms with Crippen LogP contribution < -0.4 is 10.6 Å². The molecule has 1 atom stereocenters. The number of halogens is 1. The van der Waals surface area contributed by atoms with Gasteiger partial charge in [0.2, 0.25) is 0 Å². The van der Waals surface area contributed by atoms with E-state index < -0.39 is 5.66 Å².